The molecule has 11 rings (SSSR count). The molecule has 3 nitrogen and oxygen atoms in total. The van der Waals surface area contributed by atoms with Gasteiger partial charge in [0.25, 0.3) is 0 Å². The SMILES string of the molecule is c1ccc(-c2cccc(N(c3ccc(-c4ccc5c(-c6ccccc6)cc6oc7ccccc7c6c5c4)cc3)c3ccc4c(c3)oc3ccccc34)c2)cc1. The summed E-state index contributed by atoms with van der Waals surface area (Å²) in [6.07, 6.45) is 0. The van der Waals surface area contributed by atoms with Crippen LogP contribution < -0.4 is 4.90 Å². The number of benzene rings is 9. The lowest BCUT2D eigenvalue weighted by atomic mass is 9.92. The molecule has 0 radical (unpaired) electrons. The number of para-hydroxylation sites is 2. The van der Waals surface area contributed by atoms with E-state index in [1.54, 1.807) is 0 Å². The van der Waals surface area contributed by atoms with Gasteiger partial charge in [0.1, 0.15) is 22.3 Å². The first kappa shape index (κ1) is 31.2. The second kappa shape index (κ2) is 12.6. The average Bonchev–Trinajstić information content (AvgIpc) is 3.82. The fraction of sp³-hybridized carbons (Fsp3) is 0. The van der Waals surface area contributed by atoms with E-state index in [9.17, 15) is 0 Å². The van der Waals surface area contributed by atoms with Gasteiger partial charge in [-0.05, 0) is 105 Å². The van der Waals surface area contributed by atoms with Crippen LogP contribution in [0.4, 0.5) is 17.1 Å². The lowest BCUT2D eigenvalue weighted by molar-refractivity contribution is 0.668. The van der Waals surface area contributed by atoms with Crippen molar-refractivity contribution in [2.75, 3.05) is 4.90 Å². The summed E-state index contributed by atoms with van der Waals surface area (Å²) in [7, 11) is 0. The topological polar surface area (TPSA) is 29.5 Å². The van der Waals surface area contributed by atoms with E-state index in [1.807, 2.05) is 18.2 Å². The third-order valence-electron chi connectivity index (χ3n) is 10.9. The number of rotatable bonds is 6. The lowest BCUT2D eigenvalue weighted by Crippen LogP contribution is -2.10. The van der Waals surface area contributed by atoms with E-state index in [0.717, 1.165) is 77.6 Å². The first-order chi connectivity index (χ1) is 27.2. The third kappa shape index (κ3) is 5.28. The van der Waals surface area contributed by atoms with Crippen molar-refractivity contribution in [1.82, 2.24) is 0 Å². The second-order valence-corrected chi connectivity index (χ2v) is 14.1. The minimum absolute atomic E-state index is 0.864. The molecule has 0 amide bonds. The molecular weight excluding hydrogens is 671 g/mol. The monoisotopic (exact) mass is 703 g/mol. The fourth-order valence-electron chi connectivity index (χ4n) is 8.23. The number of fused-ring (bicyclic) bond motifs is 8. The van der Waals surface area contributed by atoms with Gasteiger partial charge < -0.3 is 13.7 Å². The van der Waals surface area contributed by atoms with Gasteiger partial charge in [0.2, 0.25) is 0 Å². The van der Waals surface area contributed by atoms with Crippen LogP contribution in [0.3, 0.4) is 0 Å². The van der Waals surface area contributed by atoms with Gasteiger partial charge in [-0.25, -0.2) is 0 Å². The molecule has 0 bridgehead atoms. The Morgan fingerprint density at radius 3 is 1.62 bits per heavy atom. The highest BCUT2D eigenvalue weighted by atomic mass is 16.3. The molecular formula is C52H33NO2. The van der Waals surface area contributed by atoms with Gasteiger partial charge in [-0.1, -0.05) is 133 Å². The minimum Gasteiger partial charge on any atom is -0.456 e. The van der Waals surface area contributed by atoms with Crippen molar-refractivity contribution in [3.05, 3.63) is 200 Å². The molecule has 258 valence electrons. The Kier molecular flexibility index (Phi) is 7.17. The smallest absolute Gasteiger partial charge is 0.137 e. The molecule has 55 heavy (non-hydrogen) atoms. The Labute approximate surface area is 317 Å². The van der Waals surface area contributed by atoms with E-state index in [0.29, 0.717) is 0 Å². The van der Waals surface area contributed by atoms with Gasteiger partial charge in [-0.2, -0.15) is 0 Å². The van der Waals surface area contributed by atoms with Crippen molar-refractivity contribution in [1.29, 1.82) is 0 Å². The van der Waals surface area contributed by atoms with Crippen LogP contribution in [-0.2, 0) is 0 Å². The summed E-state index contributed by atoms with van der Waals surface area (Å²) in [4.78, 5) is 2.32. The number of anilines is 3. The standard InChI is InChI=1S/C52H33NO2/c1-3-12-34(13-4-1)37-16-11-17-40(30-37)53(41-27-29-44-43-18-7-9-20-48(43)54-50(44)32-41)39-25-22-35(23-26-39)38-24-28-42-46(36-14-5-2-6-15-36)33-51-52(47(42)31-38)45-19-8-10-21-49(45)55-51/h1-33H. The van der Waals surface area contributed by atoms with Crippen LogP contribution >= 0.6 is 0 Å². The molecule has 0 saturated heterocycles. The Morgan fingerprint density at radius 1 is 0.273 bits per heavy atom. The molecule has 0 aliphatic heterocycles. The second-order valence-electron chi connectivity index (χ2n) is 14.1. The predicted molar refractivity (Wildman–Crippen MR) is 229 cm³/mol. The number of hydrogen-bond donors (Lipinski definition) is 0. The number of hydrogen-bond acceptors (Lipinski definition) is 3. The Hall–Kier alpha value is -7.36. The normalized spacial score (nSPS) is 11.6. The van der Waals surface area contributed by atoms with Crippen LogP contribution in [0.15, 0.2) is 209 Å². The van der Waals surface area contributed by atoms with Gasteiger partial charge in [0, 0.05) is 44.7 Å². The Bertz CT molecular complexity index is 3190. The van der Waals surface area contributed by atoms with Crippen molar-refractivity contribution in [3.8, 4) is 33.4 Å². The highest BCUT2D eigenvalue weighted by Gasteiger charge is 2.18. The summed E-state index contributed by atoms with van der Waals surface area (Å²) in [5.74, 6) is 0. The predicted octanol–water partition coefficient (Wildman–Crippen LogP) is 15.1. The van der Waals surface area contributed by atoms with Crippen LogP contribution in [0, 0.1) is 0 Å². The van der Waals surface area contributed by atoms with Crippen molar-refractivity contribution in [2.45, 2.75) is 0 Å². The van der Waals surface area contributed by atoms with Crippen LogP contribution in [0.2, 0.25) is 0 Å². The summed E-state index contributed by atoms with van der Waals surface area (Å²) in [6, 6.07) is 70.9. The van der Waals surface area contributed by atoms with Crippen LogP contribution in [0.1, 0.15) is 0 Å². The molecule has 2 aromatic heterocycles. The zero-order chi connectivity index (χ0) is 36.3. The van der Waals surface area contributed by atoms with Crippen molar-refractivity contribution in [3.63, 3.8) is 0 Å². The molecule has 0 spiro atoms. The van der Waals surface area contributed by atoms with Crippen molar-refractivity contribution < 1.29 is 8.83 Å². The van der Waals surface area contributed by atoms with Gasteiger partial charge in [0.05, 0.1) is 0 Å². The quantitative estimate of drug-likeness (QED) is 0.173. The molecule has 0 atom stereocenters. The average molecular weight is 704 g/mol. The summed E-state index contributed by atoms with van der Waals surface area (Å²) in [6.45, 7) is 0. The summed E-state index contributed by atoms with van der Waals surface area (Å²) < 4.78 is 12.8. The molecule has 0 fully saturated rings. The molecule has 3 heteroatoms. The maximum Gasteiger partial charge on any atom is 0.137 e. The lowest BCUT2D eigenvalue weighted by Gasteiger charge is -2.26. The van der Waals surface area contributed by atoms with E-state index >= 15 is 0 Å². The molecule has 0 unspecified atom stereocenters. The Morgan fingerprint density at radius 2 is 0.818 bits per heavy atom. The van der Waals surface area contributed by atoms with Crippen LogP contribution in [-0.4, -0.2) is 0 Å². The maximum atomic E-state index is 6.46. The molecule has 2 heterocycles. The first-order valence-corrected chi connectivity index (χ1v) is 18.7. The zero-order valence-electron chi connectivity index (χ0n) is 29.8. The molecule has 0 aliphatic carbocycles. The van der Waals surface area contributed by atoms with E-state index in [-0.39, 0.29) is 0 Å². The first-order valence-electron chi connectivity index (χ1n) is 18.7. The highest BCUT2D eigenvalue weighted by molar-refractivity contribution is 6.22. The van der Waals surface area contributed by atoms with E-state index in [1.165, 1.54) is 27.5 Å². The molecule has 11 aromatic rings. The van der Waals surface area contributed by atoms with E-state index in [2.05, 4.69) is 187 Å². The molecule has 0 aliphatic rings. The van der Waals surface area contributed by atoms with Crippen molar-refractivity contribution >= 4 is 71.7 Å². The molecule has 0 N–H and O–H groups in total. The number of nitrogens with zero attached hydrogens (tertiary/aromatic N) is 1. The summed E-state index contributed by atoms with van der Waals surface area (Å²) in [5, 5.41) is 6.90. The molecule has 0 saturated carbocycles. The summed E-state index contributed by atoms with van der Waals surface area (Å²) >= 11 is 0. The van der Waals surface area contributed by atoms with E-state index < -0.39 is 0 Å². The van der Waals surface area contributed by atoms with Gasteiger partial charge in [-0.15, -0.1) is 0 Å². The van der Waals surface area contributed by atoms with Gasteiger partial charge >= 0.3 is 0 Å². The summed E-state index contributed by atoms with van der Waals surface area (Å²) in [5.41, 5.74) is 13.7. The van der Waals surface area contributed by atoms with Gasteiger partial charge in [0.15, 0.2) is 0 Å². The number of furan rings is 2. The van der Waals surface area contributed by atoms with E-state index in [4.69, 9.17) is 8.83 Å². The highest BCUT2D eigenvalue weighted by Crippen LogP contribution is 2.43. The maximum absolute atomic E-state index is 6.46. The fourth-order valence-corrected chi connectivity index (χ4v) is 8.23. The van der Waals surface area contributed by atoms with Crippen LogP contribution in [0.5, 0.6) is 0 Å². The minimum atomic E-state index is 0.864. The van der Waals surface area contributed by atoms with Crippen molar-refractivity contribution in [2.24, 2.45) is 0 Å². The van der Waals surface area contributed by atoms with Crippen LogP contribution in [0.25, 0.3) is 88.0 Å². The Balaban J connectivity index is 1.05. The largest absolute Gasteiger partial charge is 0.456 e. The van der Waals surface area contributed by atoms with Gasteiger partial charge in [-0.3, -0.25) is 0 Å². The zero-order valence-corrected chi connectivity index (χ0v) is 29.8. The molecule has 9 aromatic carbocycles. The third-order valence-corrected chi connectivity index (χ3v) is 10.9.